The summed E-state index contributed by atoms with van der Waals surface area (Å²) >= 11 is 6.03. The Hall–Kier alpha value is -3.53. The lowest BCUT2D eigenvalue weighted by Gasteiger charge is -2.15. The number of non-ortho nitro benzene ring substituents is 1. The van der Waals surface area contributed by atoms with Gasteiger partial charge in [0, 0.05) is 12.1 Å². The molecule has 0 radical (unpaired) electrons. The number of Topliss-reactive ketones (excluding diaryl/α,β-unsaturated/α-hetero) is 1. The van der Waals surface area contributed by atoms with Crippen LogP contribution >= 0.6 is 11.6 Å². The molecule has 1 atom stereocenters. The zero-order valence-electron chi connectivity index (χ0n) is 15.7. The molecule has 0 heterocycles. The van der Waals surface area contributed by atoms with Crippen LogP contribution in [0.25, 0.3) is 0 Å². The summed E-state index contributed by atoms with van der Waals surface area (Å²) < 4.78 is 10.4. The molecule has 0 aromatic heterocycles. The number of rotatable bonds is 8. The summed E-state index contributed by atoms with van der Waals surface area (Å²) in [4.78, 5) is 34.6. The Morgan fingerprint density at radius 2 is 1.72 bits per heavy atom. The maximum absolute atomic E-state index is 12.6. The maximum Gasteiger partial charge on any atom is 0.269 e. The number of ether oxygens (including phenoxy) is 2. The molecule has 0 saturated carbocycles. The monoisotopic (exact) mass is 420 g/mol. The lowest BCUT2D eigenvalue weighted by atomic mass is 10.2. The van der Waals surface area contributed by atoms with Crippen LogP contribution in [0.3, 0.4) is 0 Å². The number of nitrogens with one attached hydrogen (secondary N) is 1. The number of methoxy groups -OCH3 is 2. The van der Waals surface area contributed by atoms with Gasteiger partial charge in [-0.15, -0.1) is 0 Å². The fraction of sp³-hybridized carbons (Fsp3) is 0.222. The zero-order valence-corrected chi connectivity index (χ0v) is 16.5. The van der Waals surface area contributed by atoms with E-state index >= 15 is 0 Å². The molecule has 152 valence electrons. The lowest BCUT2D eigenvalue weighted by Crippen LogP contribution is -2.32. The van der Waals surface area contributed by atoms with Crippen molar-refractivity contribution in [2.24, 2.45) is 10.2 Å². The number of carbonyl (C=O) groups is 2. The lowest BCUT2D eigenvalue weighted by molar-refractivity contribution is -0.384. The fourth-order valence-corrected chi connectivity index (χ4v) is 2.54. The van der Waals surface area contributed by atoms with Crippen LogP contribution in [-0.2, 0) is 9.59 Å². The predicted octanol–water partition coefficient (Wildman–Crippen LogP) is 3.95. The van der Waals surface area contributed by atoms with E-state index in [1.54, 1.807) is 0 Å². The highest BCUT2D eigenvalue weighted by Crippen LogP contribution is 2.40. The SMILES string of the molecule is COc1c(Cl)ccc(NC(=O)C(N=Nc2ccc([N+](=O)[O-])cc2)C(C)=O)c1OC. The second kappa shape index (κ2) is 9.60. The molecule has 0 spiro atoms. The van der Waals surface area contributed by atoms with Gasteiger partial charge in [0.1, 0.15) is 0 Å². The quantitative estimate of drug-likeness (QED) is 0.297. The van der Waals surface area contributed by atoms with Crippen molar-refractivity contribution in [1.29, 1.82) is 0 Å². The largest absolute Gasteiger partial charge is 0.491 e. The van der Waals surface area contributed by atoms with Crippen molar-refractivity contribution in [2.75, 3.05) is 19.5 Å². The Bertz CT molecular complexity index is 962. The molecule has 0 saturated heterocycles. The number of nitro benzene ring substituents is 1. The molecule has 2 aromatic carbocycles. The number of anilines is 1. The van der Waals surface area contributed by atoms with E-state index in [1.165, 1.54) is 57.5 Å². The average molecular weight is 421 g/mol. The Morgan fingerprint density at radius 1 is 1.10 bits per heavy atom. The summed E-state index contributed by atoms with van der Waals surface area (Å²) in [5.74, 6) is -0.888. The van der Waals surface area contributed by atoms with Crippen molar-refractivity contribution >= 4 is 40.4 Å². The van der Waals surface area contributed by atoms with Crippen LogP contribution in [0.15, 0.2) is 46.6 Å². The standard InChI is InChI=1S/C18H17ClN4O6/c1-10(24)15(22-21-11-4-6-12(7-5-11)23(26)27)18(25)20-14-9-8-13(19)16(28-2)17(14)29-3/h4-9,15H,1-3H3,(H,20,25). The molecule has 11 heteroatoms. The minimum Gasteiger partial charge on any atom is -0.491 e. The van der Waals surface area contributed by atoms with Crippen molar-refractivity contribution in [2.45, 2.75) is 13.0 Å². The molecule has 1 N–H and O–H groups in total. The Morgan fingerprint density at radius 3 is 2.24 bits per heavy atom. The van der Waals surface area contributed by atoms with Gasteiger partial charge in [-0.1, -0.05) is 11.6 Å². The van der Waals surface area contributed by atoms with Gasteiger partial charge < -0.3 is 14.8 Å². The number of nitrogens with zero attached hydrogens (tertiary/aromatic N) is 3. The summed E-state index contributed by atoms with van der Waals surface area (Å²) in [6, 6.07) is 6.74. The number of hydrogen-bond acceptors (Lipinski definition) is 8. The molecule has 0 aliphatic heterocycles. The third-order valence-electron chi connectivity index (χ3n) is 3.71. The van der Waals surface area contributed by atoms with Crippen LogP contribution in [0, 0.1) is 10.1 Å². The molecular weight excluding hydrogens is 404 g/mol. The molecular formula is C18H17ClN4O6. The highest BCUT2D eigenvalue weighted by Gasteiger charge is 2.25. The van der Waals surface area contributed by atoms with E-state index in [4.69, 9.17) is 21.1 Å². The molecule has 0 fully saturated rings. The highest BCUT2D eigenvalue weighted by molar-refractivity contribution is 6.32. The van der Waals surface area contributed by atoms with Crippen molar-refractivity contribution < 1.29 is 24.0 Å². The van der Waals surface area contributed by atoms with Crippen LogP contribution in [-0.4, -0.2) is 36.9 Å². The maximum atomic E-state index is 12.6. The summed E-state index contributed by atoms with van der Waals surface area (Å²) in [5.41, 5.74) is 0.365. The van der Waals surface area contributed by atoms with Crippen LogP contribution < -0.4 is 14.8 Å². The number of benzene rings is 2. The molecule has 0 aliphatic carbocycles. The molecule has 1 unspecified atom stereocenters. The first kappa shape index (κ1) is 21.8. The zero-order chi connectivity index (χ0) is 21.6. The fourth-order valence-electron chi connectivity index (χ4n) is 2.31. The van der Waals surface area contributed by atoms with Gasteiger partial charge in [0.2, 0.25) is 6.04 Å². The third kappa shape index (κ3) is 5.26. The molecule has 0 bridgehead atoms. The van der Waals surface area contributed by atoms with Gasteiger partial charge >= 0.3 is 0 Å². The number of halogens is 1. The summed E-state index contributed by atoms with van der Waals surface area (Å²) in [5, 5.41) is 21.1. The van der Waals surface area contributed by atoms with Gasteiger partial charge in [-0.05, 0) is 31.2 Å². The second-order valence-electron chi connectivity index (χ2n) is 5.65. The van der Waals surface area contributed by atoms with E-state index in [1.807, 2.05) is 0 Å². The molecule has 2 aromatic rings. The van der Waals surface area contributed by atoms with Gasteiger partial charge in [0.05, 0.1) is 35.5 Å². The Balaban J connectivity index is 2.24. The van der Waals surface area contributed by atoms with Crippen LogP contribution in [0.2, 0.25) is 5.02 Å². The first-order chi connectivity index (χ1) is 13.8. The molecule has 1 amide bonds. The number of ketones is 1. The van der Waals surface area contributed by atoms with Crippen LogP contribution in [0.5, 0.6) is 11.5 Å². The number of amides is 1. The van der Waals surface area contributed by atoms with Crippen molar-refractivity contribution in [3.05, 3.63) is 51.5 Å². The first-order valence-electron chi connectivity index (χ1n) is 8.15. The first-order valence-corrected chi connectivity index (χ1v) is 8.53. The van der Waals surface area contributed by atoms with E-state index < -0.39 is 22.7 Å². The highest BCUT2D eigenvalue weighted by atomic mass is 35.5. The normalized spacial score (nSPS) is 11.7. The van der Waals surface area contributed by atoms with E-state index in [0.29, 0.717) is 0 Å². The van der Waals surface area contributed by atoms with E-state index in [-0.39, 0.29) is 33.6 Å². The van der Waals surface area contributed by atoms with Gasteiger partial charge in [0.15, 0.2) is 17.3 Å². The molecule has 2 rings (SSSR count). The van der Waals surface area contributed by atoms with Crippen LogP contribution in [0.1, 0.15) is 6.92 Å². The molecule has 29 heavy (non-hydrogen) atoms. The van der Waals surface area contributed by atoms with Crippen molar-refractivity contribution in [1.82, 2.24) is 0 Å². The average Bonchev–Trinajstić information content (AvgIpc) is 2.69. The van der Waals surface area contributed by atoms with E-state index in [2.05, 4.69) is 15.5 Å². The minimum atomic E-state index is -1.43. The number of nitro groups is 1. The van der Waals surface area contributed by atoms with Crippen molar-refractivity contribution in [3.63, 3.8) is 0 Å². The van der Waals surface area contributed by atoms with E-state index in [9.17, 15) is 19.7 Å². The predicted molar refractivity (Wildman–Crippen MR) is 105 cm³/mol. The van der Waals surface area contributed by atoms with E-state index in [0.717, 1.165) is 0 Å². The summed E-state index contributed by atoms with van der Waals surface area (Å²) in [7, 11) is 2.77. The summed E-state index contributed by atoms with van der Waals surface area (Å²) in [6.07, 6.45) is 0. The van der Waals surface area contributed by atoms with Crippen molar-refractivity contribution in [3.8, 4) is 11.5 Å². The smallest absolute Gasteiger partial charge is 0.269 e. The number of carbonyl (C=O) groups excluding carboxylic acids is 2. The third-order valence-corrected chi connectivity index (χ3v) is 4.01. The number of hydrogen-bond donors (Lipinski definition) is 1. The molecule has 0 aliphatic rings. The molecule has 10 nitrogen and oxygen atoms in total. The Labute approximate surface area is 170 Å². The van der Waals surface area contributed by atoms with Gasteiger partial charge in [-0.2, -0.15) is 10.2 Å². The number of azo groups is 1. The van der Waals surface area contributed by atoms with Crippen LogP contribution in [0.4, 0.5) is 17.1 Å². The topological polar surface area (TPSA) is 132 Å². The minimum absolute atomic E-state index is 0.117. The van der Waals surface area contributed by atoms with Gasteiger partial charge in [-0.3, -0.25) is 19.7 Å². The Kier molecular flexibility index (Phi) is 7.21. The van der Waals surface area contributed by atoms with Gasteiger partial charge in [-0.25, -0.2) is 0 Å². The second-order valence-corrected chi connectivity index (χ2v) is 6.06. The van der Waals surface area contributed by atoms with Gasteiger partial charge in [0.25, 0.3) is 11.6 Å². The summed E-state index contributed by atoms with van der Waals surface area (Å²) in [6.45, 7) is 1.19.